The quantitative estimate of drug-likeness (QED) is 0.860. The first-order chi connectivity index (χ1) is 8.28. The smallest absolute Gasteiger partial charge is 0.119 e. The summed E-state index contributed by atoms with van der Waals surface area (Å²) in [4.78, 5) is 0. The van der Waals surface area contributed by atoms with Gasteiger partial charge in [0.05, 0.1) is 0 Å². The van der Waals surface area contributed by atoms with Gasteiger partial charge in [-0.05, 0) is 44.0 Å². The highest BCUT2D eigenvalue weighted by molar-refractivity contribution is 5.27. The van der Waals surface area contributed by atoms with Gasteiger partial charge < -0.3 is 10.1 Å². The van der Waals surface area contributed by atoms with E-state index in [-0.39, 0.29) is 1.43 Å². The number of rotatable bonds is 4. The van der Waals surface area contributed by atoms with E-state index in [0.29, 0.717) is 12.1 Å². The van der Waals surface area contributed by atoms with Crippen molar-refractivity contribution in [3.05, 3.63) is 29.8 Å². The summed E-state index contributed by atoms with van der Waals surface area (Å²) >= 11 is 0. The van der Waals surface area contributed by atoms with E-state index in [4.69, 9.17) is 4.74 Å². The van der Waals surface area contributed by atoms with E-state index >= 15 is 0 Å². The van der Waals surface area contributed by atoms with Gasteiger partial charge >= 0.3 is 0 Å². The Morgan fingerprint density at radius 2 is 2.06 bits per heavy atom. The number of hydrogen-bond acceptors (Lipinski definition) is 2. The van der Waals surface area contributed by atoms with Crippen molar-refractivity contribution in [2.45, 2.75) is 52.7 Å². The van der Waals surface area contributed by atoms with Gasteiger partial charge in [0, 0.05) is 7.47 Å². The highest BCUT2D eigenvalue weighted by Gasteiger charge is 2.29. The maximum absolute atomic E-state index is 5.87. The number of aryl methyl sites for hydroxylation is 1. The van der Waals surface area contributed by atoms with Crippen molar-refractivity contribution in [1.29, 1.82) is 0 Å². The van der Waals surface area contributed by atoms with Gasteiger partial charge in [0.2, 0.25) is 0 Å². The van der Waals surface area contributed by atoms with Gasteiger partial charge in [-0.25, -0.2) is 0 Å². The molecule has 2 heteroatoms. The van der Waals surface area contributed by atoms with Gasteiger partial charge in [0.1, 0.15) is 11.9 Å². The van der Waals surface area contributed by atoms with E-state index in [1.165, 1.54) is 5.56 Å². The normalized spacial score (nSPS) is 22.1. The van der Waals surface area contributed by atoms with Crippen LogP contribution in [-0.2, 0) is 0 Å². The molecule has 0 aliphatic heterocycles. The van der Waals surface area contributed by atoms with Crippen LogP contribution in [0.25, 0.3) is 0 Å². The van der Waals surface area contributed by atoms with Gasteiger partial charge in [-0.1, -0.05) is 32.9 Å². The second-order valence-electron chi connectivity index (χ2n) is 4.28. The summed E-state index contributed by atoms with van der Waals surface area (Å²) in [5.74, 6) is 1.01. The van der Waals surface area contributed by atoms with Gasteiger partial charge in [-0.3, -0.25) is 0 Å². The lowest BCUT2D eigenvalue weighted by molar-refractivity contribution is 0.0859. The standard InChI is InChI=1S/C13H19NO.C2H6.H2/c1-3-14-11-8-13(9-11)15-12-6-4-5-10(2)7-12;1-2;/h4-7,11,13-14H,3,8-9H2,1-2H3;1-2H3;1H. The van der Waals surface area contributed by atoms with Crippen LogP contribution in [0.3, 0.4) is 0 Å². The van der Waals surface area contributed by atoms with Crippen molar-refractivity contribution in [2.24, 2.45) is 0 Å². The molecular formula is C15H27NO. The summed E-state index contributed by atoms with van der Waals surface area (Å²) in [6.45, 7) is 9.30. The molecule has 1 N–H and O–H groups in total. The Morgan fingerprint density at radius 3 is 2.65 bits per heavy atom. The predicted molar refractivity (Wildman–Crippen MR) is 75.8 cm³/mol. The molecule has 1 fully saturated rings. The predicted octanol–water partition coefficient (Wildman–Crippen LogP) is 3.79. The first-order valence-corrected chi connectivity index (χ1v) is 6.74. The molecule has 0 spiro atoms. The monoisotopic (exact) mass is 237 g/mol. The molecule has 0 atom stereocenters. The van der Waals surface area contributed by atoms with Crippen molar-refractivity contribution in [3.63, 3.8) is 0 Å². The first kappa shape index (κ1) is 14.0. The summed E-state index contributed by atoms with van der Waals surface area (Å²) in [5, 5.41) is 3.43. The molecule has 2 nitrogen and oxygen atoms in total. The highest BCUT2D eigenvalue weighted by atomic mass is 16.5. The van der Waals surface area contributed by atoms with Crippen LogP contribution < -0.4 is 10.1 Å². The van der Waals surface area contributed by atoms with E-state index in [0.717, 1.165) is 25.1 Å². The maximum atomic E-state index is 5.87. The minimum absolute atomic E-state index is 0. The van der Waals surface area contributed by atoms with E-state index in [2.05, 4.69) is 31.3 Å². The minimum atomic E-state index is 0. The van der Waals surface area contributed by atoms with Gasteiger partial charge in [-0.2, -0.15) is 0 Å². The topological polar surface area (TPSA) is 21.3 Å². The summed E-state index contributed by atoms with van der Waals surface area (Å²) in [6, 6.07) is 8.94. The number of hydrogen-bond donors (Lipinski definition) is 1. The lowest BCUT2D eigenvalue weighted by Gasteiger charge is -2.35. The van der Waals surface area contributed by atoms with E-state index in [1.54, 1.807) is 0 Å². The average molecular weight is 237 g/mol. The molecule has 1 aliphatic carbocycles. The van der Waals surface area contributed by atoms with Gasteiger partial charge in [0.25, 0.3) is 0 Å². The lowest BCUT2D eigenvalue weighted by Crippen LogP contribution is -2.46. The summed E-state index contributed by atoms with van der Waals surface area (Å²) in [5.41, 5.74) is 1.26. The Bertz CT molecular complexity index is 324. The largest absolute Gasteiger partial charge is 0.490 e. The van der Waals surface area contributed by atoms with Crippen molar-refractivity contribution >= 4 is 0 Å². The fourth-order valence-corrected chi connectivity index (χ4v) is 2.00. The third-order valence-electron chi connectivity index (χ3n) is 2.88. The van der Waals surface area contributed by atoms with Gasteiger partial charge in [0.15, 0.2) is 0 Å². The van der Waals surface area contributed by atoms with Crippen molar-refractivity contribution in [1.82, 2.24) is 5.32 Å². The van der Waals surface area contributed by atoms with Crippen LogP contribution in [0.4, 0.5) is 0 Å². The molecule has 0 bridgehead atoms. The molecule has 0 unspecified atom stereocenters. The molecule has 1 aromatic carbocycles. The Hall–Kier alpha value is -1.02. The summed E-state index contributed by atoms with van der Waals surface area (Å²) < 4.78 is 5.87. The Labute approximate surface area is 107 Å². The molecule has 0 saturated heterocycles. The van der Waals surface area contributed by atoms with Crippen LogP contribution in [-0.4, -0.2) is 18.7 Å². The molecule has 17 heavy (non-hydrogen) atoms. The number of benzene rings is 1. The van der Waals surface area contributed by atoms with Crippen LogP contribution in [0, 0.1) is 6.92 Å². The highest BCUT2D eigenvalue weighted by Crippen LogP contribution is 2.26. The Balaban J connectivity index is 0.000000917. The fraction of sp³-hybridized carbons (Fsp3) is 0.600. The summed E-state index contributed by atoms with van der Waals surface area (Å²) in [6.07, 6.45) is 2.69. The Morgan fingerprint density at radius 1 is 1.35 bits per heavy atom. The second kappa shape index (κ2) is 7.33. The van der Waals surface area contributed by atoms with E-state index in [9.17, 15) is 0 Å². The van der Waals surface area contributed by atoms with E-state index < -0.39 is 0 Å². The number of ether oxygens (including phenoxy) is 1. The van der Waals surface area contributed by atoms with E-state index in [1.807, 2.05) is 26.0 Å². The first-order valence-electron chi connectivity index (χ1n) is 6.74. The zero-order chi connectivity index (χ0) is 12.7. The molecule has 98 valence electrons. The second-order valence-corrected chi connectivity index (χ2v) is 4.28. The molecular weight excluding hydrogens is 210 g/mol. The maximum Gasteiger partial charge on any atom is 0.119 e. The van der Waals surface area contributed by atoms with Crippen LogP contribution in [0.2, 0.25) is 0 Å². The van der Waals surface area contributed by atoms with Crippen LogP contribution in [0.5, 0.6) is 5.75 Å². The summed E-state index contributed by atoms with van der Waals surface area (Å²) in [7, 11) is 0. The molecule has 2 rings (SSSR count). The van der Waals surface area contributed by atoms with Gasteiger partial charge in [-0.15, -0.1) is 0 Å². The molecule has 0 amide bonds. The van der Waals surface area contributed by atoms with Crippen molar-refractivity contribution in [3.8, 4) is 5.75 Å². The average Bonchev–Trinajstić information content (AvgIpc) is 2.29. The van der Waals surface area contributed by atoms with Crippen LogP contribution >= 0.6 is 0 Å². The molecule has 0 radical (unpaired) electrons. The molecule has 1 aliphatic rings. The minimum Gasteiger partial charge on any atom is -0.490 e. The third kappa shape index (κ3) is 4.39. The molecule has 0 aromatic heterocycles. The molecule has 1 aromatic rings. The fourth-order valence-electron chi connectivity index (χ4n) is 2.00. The van der Waals surface area contributed by atoms with Crippen molar-refractivity contribution < 1.29 is 6.16 Å². The molecule has 1 saturated carbocycles. The number of nitrogens with one attached hydrogen (secondary N) is 1. The zero-order valence-electron chi connectivity index (χ0n) is 11.5. The SMILES string of the molecule is CC.CCNC1CC(Oc2cccc(C)c2)C1.[HH]. The zero-order valence-corrected chi connectivity index (χ0v) is 11.5. The van der Waals surface area contributed by atoms with Crippen LogP contribution in [0.15, 0.2) is 24.3 Å². The van der Waals surface area contributed by atoms with Crippen molar-refractivity contribution in [2.75, 3.05) is 6.54 Å². The lowest BCUT2D eigenvalue weighted by atomic mass is 9.89. The van der Waals surface area contributed by atoms with Crippen LogP contribution in [0.1, 0.15) is 40.6 Å². The molecule has 0 heterocycles. The third-order valence-corrected chi connectivity index (χ3v) is 2.88. The Kier molecular flexibility index (Phi) is 6.06.